The van der Waals surface area contributed by atoms with Gasteiger partial charge in [0.05, 0.1) is 28.2 Å². The Bertz CT molecular complexity index is 2070. The van der Waals surface area contributed by atoms with Gasteiger partial charge in [-0.2, -0.15) is 9.78 Å². The SMILES string of the molecule is CCOc1cc(C=Nn2c(-c3cc4cc(Br)ccc4o3)nc3ccccc3c2=O)c(Br)c(Br)c1OCc1ccc(Cl)cc1. The van der Waals surface area contributed by atoms with Crippen LogP contribution in [0.4, 0.5) is 0 Å². The van der Waals surface area contributed by atoms with E-state index in [4.69, 9.17) is 30.5 Å². The van der Waals surface area contributed by atoms with Crippen LogP contribution < -0.4 is 15.0 Å². The molecule has 0 aliphatic carbocycles. The number of halogens is 4. The molecule has 43 heavy (non-hydrogen) atoms. The molecule has 6 rings (SSSR count). The van der Waals surface area contributed by atoms with Gasteiger partial charge < -0.3 is 13.9 Å². The van der Waals surface area contributed by atoms with Crippen LogP contribution in [0, 0.1) is 0 Å². The van der Waals surface area contributed by atoms with Gasteiger partial charge in [-0.1, -0.05) is 51.8 Å². The molecule has 6 aromatic rings. The van der Waals surface area contributed by atoms with Crippen LogP contribution >= 0.6 is 59.4 Å². The van der Waals surface area contributed by atoms with Crippen LogP contribution in [0.2, 0.25) is 5.02 Å². The summed E-state index contributed by atoms with van der Waals surface area (Å²) < 4.78 is 21.7. The van der Waals surface area contributed by atoms with E-state index < -0.39 is 0 Å². The van der Waals surface area contributed by atoms with Gasteiger partial charge in [0, 0.05) is 24.9 Å². The standard InChI is InChI=1S/C32H21Br3ClN3O4/c1-2-41-26-15-20(28(34)29(35)30(26)42-17-18-7-10-22(36)11-8-18)16-37-39-31(38-24-6-4-3-5-23(24)32(39)40)27-14-19-13-21(33)9-12-25(19)43-27/h3-16H,2,17H2,1H3. The number of benzene rings is 4. The molecular weight excluding hydrogens is 766 g/mol. The Hall–Kier alpha value is -3.44. The molecule has 2 aromatic heterocycles. The average Bonchev–Trinajstić information content (AvgIpc) is 3.43. The molecule has 0 atom stereocenters. The lowest BCUT2D eigenvalue weighted by atomic mass is 10.2. The quantitative estimate of drug-likeness (QED) is 0.144. The predicted octanol–water partition coefficient (Wildman–Crippen LogP) is 9.61. The minimum absolute atomic E-state index is 0.274. The summed E-state index contributed by atoms with van der Waals surface area (Å²) in [5, 5.41) is 6.57. The smallest absolute Gasteiger partial charge is 0.282 e. The number of para-hydroxylation sites is 1. The van der Waals surface area contributed by atoms with Crippen molar-refractivity contribution in [3.05, 3.63) is 119 Å². The first-order valence-electron chi connectivity index (χ1n) is 13.1. The van der Waals surface area contributed by atoms with E-state index in [1.165, 1.54) is 4.68 Å². The largest absolute Gasteiger partial charge is 0.490 e. The van der Waals surface area contributed by atoms with Crippen LogP contribution in [-0.4, -0.2) is 22.5 Å². The lowest BCUT2D eigenvalue weighted by molar-refractivity contribution is 0.267. The fourth-order valence-corrected chi connectivity index (χ4v) is 5.91. The normalized spacial score (nSPS) is 11.6. The van der Waals surface area contributed by atoms with Crippen molar-refractivity contribution in [2.45, 2.75) is 13.5 Å². The number of aromatic nitrogens is 2. The predicted molar refractivity (Wildman–Crippen MR) is 181 cm³/mol. The molecule has 216 valence electrons. The lowest BCUT2D eigenvalue weighted by Crippen LogP contribution is -2.20. The van der Waals surface area contributed by atoms with Gasteiger partial charge in [-0.3, -0.25) is 4.79 Å². The summed E-state index contributed by atoms with van der Waals surface area (Å²) in [5.41, 5.74) is 2.48. The highest BCUT2D eigenvalue weighted by Gasteiger charge is 2.19. The Kier molecular flexibility index (Phi) is 8.72. The van der Waals surface area contributed by atoms with E-state index in [2.05, 4.69) is 52.9 Å². The number of furan rings is 1. The zero-order valence-electron chi connectivity index (χ0n) is 22.5. The maximum Gasteiger partial charge on any atom is 0.282 e. The molecule has 0 unspecified atom stereocenters. The molecule has 0 N–H and O–H groups in total. The number of hydrogen-bond donors (Lipinski definition) is 0. The number of nitrogens with zero attached hydrogens (tertiary/aromatic N) is 3. The number of hydrogen-bond acceptors (Lipinski definition) is 6. The van der Waals surface area contributed by atoms with Crippen molar-refractivity contribution in [2.75, 3.05) is 6.61 Å². The van der Waals surface area contributed by atoms with Crippen molar-refractivity contribution in [3.8, 4) is 23.1 Å². The topological polar surface area (TPSA) is 78.9 Å². The minimum Gasteiger partial charge on any atom is -0.490 e. The third-order valence-corrected chi connectivity index (χ3v) is 9.41. The minimum atomic E-state index is -0.332. The zero-order valence-corrected chi connectivity index (χ0v) is 28.0. The summed E-state index contributed by atoms with van der Waals surface area (Å²) in [7, 11) is 0. The molecule has 0 saturated heterocycles. The van der Waals surface area contributed by atoms with Crippen molar-refractivity contribution in [3.63, 3.8) is 0 Å². The molecule has 11 heteroatoms. The van der Waals surface area contributed by atoms with Crippen molar-refractivity contribution in [2.24, 2.45) is 5.10 Å². The van der Waals surface area contributed by atoms with Gasteiger partial charge in [-0.05, 0) is 98.9 Å². The summed E-state index contributed by atoms with van der Waals surface area (Å²) in [5.74, 6) is 1.73. The Morgan fingerprint density at radius 2 is 1.77 bits per heavy atom. The average molecular weight is 787 g/mol. The highest BCUT2D eigenvalue weighted by molar-refractivity contribution is 9.13. The third kappa shape index (κ3) is 6.15. The maximum atomic E-state index is 13.7. The van der Waals surface area contributed by atoms with Crippen LogP contribution in [0.3, 0.4) is 0 Å². The van der Waals surface area contributed by atoms with Crippen molar-refractivity contribution < 1.29 is 13.9 Å². The van der Waals surface area contributed by atoms with E-state index in [0.29, 0.717) is 66.5 Å². The van der Waals surface area contributed by atoms with E-state index in [-0.39, 0.29) is 11.4 Å². The van der Waals surface area contributed by atoms with Gasteiger partial charge in [-0.15, -0.1) is 0 Å². The summed E-state index contributed by atoms with van der Waals surface area (Å²) in [6, 6.07) is 23.9. The second-order valence-electron chi connectivity index (χ2n) is 9.38. The van der Waals surface area contributed by atoms with E-state index in [9.17, 15) is 4.79 Å². The fraction of sp³-hybridized carbons (Fsp3) is 0.0938. The van der Waals surface area contributed by atoms with Gasteiger partial charge in [0.15, 0.2) is 17.3 Å². The number of fused-ring (bicyclic) bond motifs is 2. The van der Waals surface area contributed by atoms with Crippen molar-refractivity contribution in [1.82, 2.24) is 9.66 Å². The Labute approximate surface area is 276 Å². The zero-order chi connectivity index (χ0) is 30.1. The molecule has 7 nitrogen and oxygen atoms in total. The Balaban J connectivity index is 1.43. The van der Waals surface area contributed by atoms with Crippen LogP contribution in [-0.2, 0) is 6.61 Å². The second kappa shape index (κ2) is 12.7. The second-order valence-corrected chi connectivity index (χ2v) is 12.3. The molecule has 0 bridgehead atoms. The van der Waals surface area contributed by atoms with E-state index in [0.717, 1.165) is 15.4 Å². The monoisotopic (exact) mass is 783 g/mol. The van der Waals surface area contributed by atoms with Crippen LogP contribution in [0.15, 0.2) is 107 Å². The van der Waals surface area contributed by atoms with Crippen LogP contribution in [0.1, 0.15) is 18.1 Å². The molecule has 4 aromatic carbocycles. The summed E-state index contributed by atoms with van der Waals surface area (Å²) in [6.07, 6.45) is 1.57. The first-order valence-corrected chi connectivity index (χ1v) is 15.9. The molecule has 0 aliphatic rings. The van der Waals surface area contributed by atoms with Crippen molar-refractivity contribution >= 4 is 87.5 Å². The Morgan fingerprint density at radius 3 is 2.56 bits per heavy atom. The molecule has 0 spiro atoms. The number of ether oxygens (including phenoxy) is 2. The molecule has 0 radical (unpaired) electrons. The highest BCUT2D eigenvalue weighted by atomic mass is 79.9. The van der Waals surface area contributed by atoms with Gasteiger partial charge in [-0.25, -0.2) is 4.98 Å². The number of rotatable bonds is 8. The molecule has 0 saturated carbocycles. The fourth-order valence-electron chi connectivity index (χ4n) is 4.47. The summed E-state index contributed by atoms with van der Waals surface area (Å²) in [4.78, 5) is 18.5. The third-order valence-electron chi connectivity index (χ3n) is 6.52. The molecule has 0 aliphatic heterocycles. The lowest BCUT2D eigenvalue weighted by Gasteiger charge is -2.16. The van der Waals surface area contributed by atoms with Gasteiger partial charge in [0.2, 0.25) is 5.82 Å². The molecule has 2 heterocycles. The Morgan fingerprint density at radius 1 is 0.977 bits per heavy atom. The molecular formula is C32H21Br3ClN3O4. The van der Waals surface area contributed by atoms with Crippen LogP contribution in [0.25, 0.3) is 33.5 Å². The van der Waals surface area contributed by atoms with E-state index >= 15 is 0 Å². The van der Waals surface area contributed by atoms with Crippen LogP contribution in [0.5, 0.6) is 11.5 Å². The highest BCUT2D eigenvalue weighted by Crippen LogP contribution is 2.43. The summed E-state index contributed by atoms with van der Waals surface area (Å²) >= 11 is 16.8. The summed E-state index contributed by atoms with van der Waals surface area (Å²) in [6.45, 7) is 2.62. The van der Waals surface area contributed by atoms with Gasteiger partial charge in [0.25, 0.3) is 5.56 Å². The molecule has 0 fully saturated rings. The van der Waals surface area contributed by atoms with E-state index in [1.807, 2.05) is 61.5 Å². The van der Waals surface area contributed by atoms with Gasteiger partial charge in [0.1, 0.15) is 12.2 Å². The first kappa shape index (κ1) is 29.6. The van der Waals surface area contributed by atoms with E-state index in [1.54, 1.807) is 30.5 Å². The maximum absolute atomic E-state index is 13.7. The van der Waals surface area contributed by atoms with Gasteiger partial charge >= 0.3 is 0 Å². The first-order chi connectivity index (χ1) is 20.8. The van der Waals surface area contributed by atoms with Crippen molar-refractivity contribution in [1.29, 1.82) is 0 Å². The molecule has 0 amide bonds.